The molecule has 1 saturated carbocycles. The molecule has 0 spiro atoms. The van der Waals surface area contributed by atoms with E-state index in [0.717, 1.165) is 40.9 Å². The van der Waals surface area contributed by atoms with Crippen molar-refractivity contribution < 1.29 is 13.5 Å². The zero-order chi connectivity index (χ0) is 14.3. The van der Waals surface area contributed by atoms with Crippen LogP contribution in [-0.4, -0.2) is 22.7 Å². The Balaban J connectivity index is 2.22. The first-order valence-corrected chi connectivity index (χ1v) is 8.22. The van der Waals surface area contributed by atoms with E-state index in [0.29, 0.717) is 5.52 Å². The molecule has 1 heterocycles. The highest BCUT2D eigenvalue weighted by atomic mass is 32.2. The second-order valence-corrected chi connectivity index (χ2v) is 6.69. The fourth-order valence-electron chi connectivity index (χ4n) is 2.97. The third-order valence-corrected chi connectivity index (χ3v) is 4.66. The Morgan fingerprint density at radius 1 is 1.25 bits per heavy atom. The number of hydrogen-bond acceptors (Lipinski definition) is 4. The Morgan fingerprint density at radius 3 is 2.60 bits per heavy atom. The van der Waals surface area contributed by atoms with Crippen LogP contribution in [-0.2, 0) is 10.2 Å². The highest BCUT2D eigenvalue weighted by Crippen LogP contribution is 2.36. The third-order valence-electron chi connectivity index (χ3n) is 3.89. The van der Waals surface area contributed by atoms with E-state index < -0.39 is 10.2 Å². The van der Waals surface area contributed by atoms with E-state index in [1.165, 1.54) is 12.5 Å². The quantitative estimate of drug-likeness (QED) is 0.883. The van der Waals surface area contributed by atoms with Gasteiger partial charge in [0.2, 0.25) is 0 Å². The summed E-state index contributed by atoms with van der Waals surface area (Å²) in [4.78, 5) is 0. The molecular weight excluding hydrogens is 278 g/mol. The van der Waals surface area contributed by atoms with Gasteiger partial charge in [0.25, 0.3) is 0 Å². The van der Waals surface area contributed by atoms with E-state index in [4.69, 9.17) is 5.14 Å². The average molecular weight is 295 g/mol. The van der Waals surface area contributed by atoms with Gasteiger partial charge in [0.05, 0.1) is 11.2 Å². The van der Waals surface area contributed by atoms with Crippen molar-refractivity contribution in [2.24, 2.45) is 5.14 Å². The van der Waals surface area contributed by atoms with Crippen LogP contribution in [0.4, 0.5) is 0 Å². The number of rotatable bonds is 2. The number of hydrogen-bond donors (Lipinski definition) is 2. The lowest BCUT2D eigenvalue weighted by Gasteiger charge is -2.19. The molecule has 0 atom stereocenters. The van der Waals surface area contributed by atoms with Gasteiger partial charge in [-0.2, -0.15) is 13.5 Å². The molecule has 1 aromatic heterocycles. The summed E-state index contributed by atoms with van der Waals surface area (Å²) in [6, 6.07) is 4.65. The molecule has 7 heteroatoms. The minimum Gasteiger partial charge on any atom is -0.508 e. The van der Waals surface area contributed by atoms with E-state index >= 15 is 0 Å². The molecule has 0 bridgehead atoms. The lowest BCUT2D eigenvalue weighted by molar-refractivity contribution is 0.437. The highest BCUT2D eigenvalue weighted by Gasteiger charge is 2.24. The normalized spacial score (nSPS) is 17.6. The Kier molecular flexibility index (Phi) is 3.18. The molecule has 3 rings (SSSR count). The summed E-state index contributed by atoms with van der Waals surface area (Å²) < 4.78 is 24.1. The van der Waals surface area contributed by atoms with Gasteiger partial charge < -0.3 is 5.11 Å². The molecule has 3 N–H and O–H groups in total. The predicted molar refractivity (Wildman–Crippen MR) is 75.7 cm³/mol. The summed E-state index contributed by atoms with van der Waals surface area (Å²) in [5, 5.41) is 19.7. The number of phenolic OH excluding ortho intramolecular Hbond substituents is 1. The van der Waals surface area contributed by atoms with E-state index in [9.17, 15) is 13.5 Å². The topological polar surface area (TPSA) is 98.2 Å². The standard InChI is InChI=1S/C13H17N3O3S/c14-20(18,19)16-12-8-10(17)6-7-11(12)13(15-16)9-4-2-1-3-5-9/h6-9,17H,1-5H2,(H2,14,18,19). The van der Waals surface area contributed by atoms with Crippen LogP contribution >= 0.6 is 0 Å². The van der Waals surface area contributed by atoms with Gasteiger partial charge in [-0.25, -0.2) is 5.14 Å². The Hall–Kier alpha value is -1.60. The van der Waals surface area contributed by atoms with Gasteiger partial charge in [0.15, 0.2) is 0 Å². The van der Waals surface area contributed by atoms with Crippen LogP contribution in [0.25, 0.3) is 10.9 Å². The van der Waals surface area contributed by atoms with Crippen molar-refractivity contribution in [1.82, 2.24) is 9.19 Å². The smallest absolute Gasteiger partial charge is 0.318 e. The minimum absolute atomic E-state index is 0.00232. The highest BCUT2D eigenvalue weighted by molar-refractivity contribution is 7.87. The molecule has 20 heavy (non-hydrogen) atoms. The lowest BCUT2D eigenvalue weighted by atomic mass is 9.86. The Labute approximate surface area is 117 Å². The van der Waals surface area contributed by atoms with Gasteiger partial charge in [-0.05, 0) is 25.0 Å². The van der Waals surface area contributed by atoms with Crippen molar-refractivity contribution in [3.63, 3.8) is 0 Å². The van der Waals surface area contributed by atoms with Crippen molar-refractivity contribution in [2.75, 3.05) is 0 Å². The van der Waals surface area contributed by atoms with Crippen LogP contribution < -0.4 is 5.14 Å². The molecule has 1 aromatic carbocycles. The maximum atomic E-state index is 11.7. The van der Waals surface area contributed by atoms with Crippen molar-refractivity contribution in [3.05, 3.63) is 23.9 Å². The molecule has 1 aliphatic rings. The summed E-state index contributed by atoms with van der Waals surface area (Å²) in [5.74, 6) is 0.260. The maximum Gasteiger partial charge on any atom is 0.318 e. The Morgan fingerprint density at radius 2 is 1.95 bits per heavy atom. The second kappa shape index (κ2) is 4.75. The van der Waals surface area contributed by atoms with Crippen molar-refractivity contribution >= 4 is 21.1 Å². The van der Waals surface area contributed by atoms with Gasteiger partial charge in [0.1, 0.15) is 5.75 Å². The molecule has 0 amide bonds. The van der Waals surface area contributed by atoms with E-state index in [-0.39, 0.29) is 11.7 Å². The van der Waals surface area contributed by atoms with Crippen LogP contribution in [0.5, 0.6) is 5.75 Å². The summed E-state index contributed by atoms with van der Waals surface area (Å²) >= 11 is 0. The first-order valence-electron chi connectivity index (χ1n) is 6.72. The van der Waals surface area contributed by atoms with Gasteiger partial charge in [-0.3, -0.25) is 0 Å². The zero-order valence-corrected chi connectivity index (χ0v) is 11.8. The van der Waals surface area contributed by atoms with E-state index in [2.05, 4.69) is 5.10 Å². The SMILES string of the molecule is NS(=O)(=O)n1nc(C2CCCCC2)c2ccc(O)cc21. The van der Waals surface area contributed by atoms with Gasteiger partial charge in [0, 0.05) is 17.4 Å². The fourth-order valence-corrected chi connectivity index (χ4v) is 3.60. The van der Waals surface area contributed by atoms with Gasteiger partial charge in [-0.1, -0.05) is 19.3 Å². The number of benzene rings is 1. The minimum atomic E-state index is -3.97. The first-order chi connectivity index (χ1) is 9.47. The van der Waals surface area contributed by atoms with E-state index in [1.54, 1.807) is 12.1 Å². The largest absolute Gasteiger partial charge is 0.508 e. The van der Waals surface area contributed by atoms with Crippen LogP contribution in [0.3, 0.4) is 0 Å². The summed E-state index contributed by atoms with van der Waals surface area (Å²) in [6.07, 6.45) is 5.50. The average Bonchev–Trinajstić information content (AvgIpc) is 2.78. The van der Waals surface area contributed by atoms with Crippen LogP contribution in [0.1, 0.15) is 43.7 Å². The molecule has 0 aliphatic heterocycles. The maximum absolute atomic E-state index is 11.7. The summed E-state index contributed by atoms with van der Waals surface area (Å²) in [6.45, 7) is 0. The first kappa shape index (κ1) is 13.4. The molecule has 0 saturated heterocycles. The zero-order valence-electron chi connectivity index (χ0n) is 11.0. The molecule has 108 valence electrons. The third kappa shape index (κ3) is 2.27. The number of aromatic nitrogens is 2. The van der Waals surface area contributed by atoms with Gasteiger partial charge >= 0.3 is 10.2 Å². The van der Waals surface area contributed by atoms with Crippen LogP contribution in [0.2, 0.25) is 0 Å². The van der Waals surface area contributed by atoms with E-state index in [1.807, 2.05) is 0 Å². The van der Waals surface area contributed by atoms with Crippen LogP contribution in [0, 0.1) is 0 Å². The second-order valence-electron chi connectivity index (χ2n) is 5.31. The predicted octanol–water partition coefficient (Wildman–Crippen LogP) is 1.84. The van der Waals surface area contributed by atoms with Crippen molar-refractivity contribution in [3.8, 4) is 5.75 Å². The molecular formula is C13H17N3O3S. The summed E-state index contributed by atoms with van der Waals surface area (Å²) in [5.41, 5.74) is 1.11. The monoisotopic (exact) mass is 295 g/mol. The number of fused-ring (bicyclic) bond motifs is 1. The van der Waals surface area contributed by atoms with Crippen LogP contribution in [0.15, 0.2) is 18.2 Å². The van der Waals surface area contributed by atoms with Gasteiger partial charge in [-0.15, -0.1) is 4.09 Å². The van der Waals surface area contributed by atoms with Crippen molar-refractivity contribution in [2.45, 2.75) is 38.0 Å². The molecule has 0 unspecified atom stereocenters. The molecule has 6 nitrogen and oxygen atoms in total. The van der Waals surface area contributed by atoms with Crippen molar-refractivity contribution in [1.29, 1.82) is 0 Å². The Bertz CT molecular complexity index is 746. The molecule has 1 aliphatic carbocycles. The number of nitrogens with zero attached hydrogens (tertiary/aromatic N) is 2. The molecule has 2 aromatic rings. The molecule has 1 fully saturated rings. The number of aromatic hydroxyl groups is 1. The fraction of sp³-hybridized carbons (Fsp3) is 0.462. The number of phenols is 1. The molecule has 0 radical (unpaired) electrons. The lowest BCUT2D eigenvalue weighted by Crippen LogP contribution is -2.23. The summed E-state index contributed by atoms with van der Waals surface area (Å²) in [7, 11) is -3.97. The number of nitrogens with two attached hydrogens (primary N) is 1.